The van der Waals surface area contributed by atoms with Crippen LogP contribution in [-0.4, -0.2) is 58.8 Å². The number of unbranched alkanes of at least 4 members (excludes halogenated alkanes) is 4. The van der Waals surface area contributed by atoms with E-state index in [0.29, 0.717) is 61.9 Å². The van der Waals surface area contributed by atoms with Crippen molar-refractivity contribution in [1.82, 2.24) is 10.6 Å². The van der Waals surface area contributed by atoms with Crippen LogP contribution in [0.2, 0.25) is 0 Å². The first kappa shape index (κ1) is 29.7. The highest BCUT2D eigenvalue weighted by Gasteiger charge is 2.25. The third-order valence-corrected chi connectivity index (χ3v) is 8.04. The van der Waals surface area contributed by atoms with E-state index in [0.717, 1.165) is 38.5 Å². The van der Waals surface area contributed by atoms with Gasteiger partial charge >= 0.3 is 11.9 Å². The minimum Gasteiger partial charge on any atom is -0.478 e. The van der Waals surface area contributed by atoms with Crippen LogP contribution in [0.25, 0.3) is 43.1 Å². The molecular formula is C34H34N2O7. The number of aromatic carboxylic acids is 2. The summed E-state index contributed by atoms with van der Waals surface area (Å²) < 4.78 is 0. The second-order valence-electron chi connectivity index (χ2n) is 10.8. The van der Waals surface area contributed by atoms with Crippen LogP contribution in [0.1, 0.15) is 86.9 Å². The van der Waals surface area contributed by atoms with Gasteiger partial charge in [-0.25, -0.2) is 9.59 Å². The maximum Gasteiger partial charge on any atom is 0.336 e. The normalized spacial score (nSPS) is 11.5. The first-order chi connectivity index (χ1) is 20.8. The number of fused-ring (bicyclic) bond motifs is 2. The lowest BCUT2D eigenvalue weighted by atomic mass is 9.84. The molecule has 5 aromatic carbocycles. The fraction of sp³-hybridized carbons (Fsp3) is 0.294. The van der Waals surface area contributed by atoms with E-state index < -0.39 is 11.9 Å². The Bertz CT molecular complexity index is 1810. The fourth-order valence-corrected chi connectivity index (χ4v) is 5.99. The zero-order chi connectivity index (χ0) is 30.7. The summed E-state index contributed by atoms with van der Waals surface area (Å²) in [7, 11) is 0. The maximum absolute atomic E-state index is 13.6. The van der Waals surface area contributed by atoms with Crippen LogP contribution in [0.3, 0.4) is 0 Å². The van der Waals surface area contributed by atoms with E-state index in [2.05, 4.69) is 10.6 Å². The molecule has 0 saturated carbocycles. The number of carbonyl (C=O) groups is 4. The maximum atomic E-state index is 13.6. The molecule has 0 unspecified atom stereocenters. The number of carbonyl (C=O) groups excluding carboxylic acids is 2. The summed E-state index contributed by atoms with van der Waals surface area (Å²) in [6, 6.07) is 13.1. The second-order valence-corrected chi connectivity index (χ2v) is 10.8. The molecule has 0 fully saturated rings. The average molecular weight is 583 g/mol. The number of aliphatic hydroxyl groups is 1. The molecule has 43 heavy (non-hydrogen) atoms. The fourth-order valence-electron chi connectivity index (χ4n) is 5.99. The summed E-state index contributed by atoms with van der Waals surface area (Å²) in [6.07, 6.45) is 4.93. The third-order valence-electron chi connectivity index (χ3n) is 8.04. The number of nitrogens with one attached hydrogen (secondary N) is 2. The molecule has 0 saturated heterocycles. The van der Waals surface area contributed by atoms with Crippen molar-refractivity contribution in [2.75, 3.05) is 19.7 Å². The van der Waals surface area contributed by atoms with Crippen molar-refractivity contribution in [3.63, 3.8) is 0 Å². The number of hydrogen-bond donors (Lipinski definition) is 5. The molecule has 0 aliphatic rings. The molecular weight excluding hydrogens is 548 g/mol. The number of benzene rings is 5. The molecule has 0 radical (unpaired) electrons. The molecule has 0 aliphatic heterocycles. The summed E-state index contributed by atoms with van der Waals surface area (Å²) in [5.74, 6) is -3.07. The van der Waals surface area contributed by atoms with Crippen molar-refractivity contribution >= 4 is 66.8 Å². The van der Waals surface area contributed by atoms with Crippen molar-refractivity contribution in [2.24, 2.45) is 0 Å². The average Bonchev–Trinajstić information content (AvgIpc) is 3.00. The van der Waals surface area contributed by atoms with Crippen LogP contribution in [0.5, 0.6) is 0 Å². The number of amides is 2. The Morgan fingerprint density at radius 1 is 0.535 bits per heavy atom. The van der Waals surface area contributed by atoms with Crippen molar-refractivity contribution in [2.45, 2.75) is 45.4 Å². The van der Waals surface area contributed by atoms with Gasteiger partial charge in [0.1, 0.15) is 0 Å². The Kier molecular flexibility index (Phi) is 8.73. The number of aliphatic hydroxyl groups excluding tert-OH is 1. The molecule has 5 N–H and O–H groups in total. The zero-order valence-corrected chi connectivity index (χ0v) is 24.0. The second kappa shape index (κ2) is 12.6. The Morgan fingerprint density at radius 3 is 1.35 bits per heavy atom. The molecule has 0 spiro atoms. The molecule has 9 nitrogen and oxygen atoms in total. The molecule has 0 bridgehead atoms. The lowest BCUT2D eigenvalue weighted by Crippen LogP contribution is -2.27. The minimum atomic E-state index is -1.23. The predicted octanol–water partition coefficient (Wildman–Crippen LogP) is 5.95. The molecule has 0 atom stereocenters. The molecule has 5 rings (SSSR count). The molecule has 0 aromatic heterocycles. The molecule has 5 aromatic rings. The SMILES string of the molecule is CCCCNC(=O)c1ccc2c3ccc(C(=O)O)c4c(C(=O)O)ccc(c5ccc(C(=O)NCCCCCCO)c1c25)c43. The van der Waals surface area contributed by atoms with Crippen LogP contribution in [0, 0.1) is 0 Å². The monoisotopic (exact) mass is 582 g/mol. The lowest BCUT2D eigenvalue weighted by molar-refractivity contribution is 0.0695. The highest BCUT2D eigenvalue weighted by atomic mass is 16.4. The highest BCUT2D eigenvalue weighted by Crippen LogP contribution is 2.44. The first-order valence-electron chi connectivity index (χ1n) is 14.6. The number of carboxylic acid groups (broad SMARTS) is 2. The summed E-state index contributed by atoms with van der Waals surface area (Å²) in [4.78, 5) is 51.4. The van der Waals surface area contributed by atoms with Gasteiger partial charge in [-0.2, -0.15) is 0 Å². The van der Waals surface area contributed by atoms with Gasteiger partial charge in [0, 0.05) is 41.6 Å². The van der Waals surface area contributed by atoms with E-state index >= 15 is 0 Å². The van der Waals surface area contributed by atoms with Crippen LogP contribution >= 0.6 is 0 Å². The molecule has 222 valence electrons. The first-order valence-corrected chi connectivity index (χ1v) is 14.6. The Labute approximate surface area is 247 Å². The summed E-state index contributed by atoms with van der Waals surface area (Å²) in [5.41, 5.74) is 0.480. The van der Waals surface area contributed by atoms with E-state index in [9.17, 15) is 29.4 Å². The number of carboxylic acids is 2. The third kappa shape index (κ3) is 5.44. The minimum absolute atomic E-state index is 0.111. The van der Waals surface area contributed by atoms with Gasteiger partial charge in [0.05, 0.1) is 11.1 Å². The molecule has 0 aliphatic carbocycles. The van der Waals surface area contributed by atoms with Gasteiger partial charge in [-0.3, -0.25) is 9.59 Å². The van der Waals surface area contributed by atoms with Gasteiger partial charge in [0.15, 0.2) is 0 Å². The highest BCUT2D eigenvalue weighted by molar-refractivity contribution is 6.38. The van der Waals surface area contributed by atoms with E-state index in [4.69, 9.17) is 5.11 Å². The van der Waals surface area contributed by atoms with Crippen LogP contribution < -0.4 is 10.6 Å². The van der Waals surface area contributed by atoms with E-state index in [1.165, 1.54) is 12.1 Å². The van der Waals surface area contributed by atoms with Gasteiger partial charge in [-0.15, -0.1) is 0 Å². The number of rotatable bonds is 13. The quantitative estimate of drug-likeness (QED) is 0.0654. The largest absolute Gasteiger partial charge is 0.478 e. The van der Waals surface area contributed by atoms with Crippen molar-refractivity contribution in [3.05, 3.63) is 70.8 Å². The standard InChI is InChI=1S/C34H34N2O7/c1-2-3-16-35-31(38)23-12-8-19-21-10-14-25(33(40)41)30-26(34(42)43)15-11-22(28(21)30)20-9-13-24(29(23)27(19)20)32(39)36-17-6-4-5-7-18-37/h8-15,37H,2-7,16-18H2,1H3,(H,35,38)(H,36,39)(H,40,41)(H,42,43). The van der Waals surface area contributed by atoms with Gasteiger partial charge < -0.3 is 26.0 Å². The topological polar surface area (TPSA) is 153 Å². The summed E-state index contributed by atoms with van der Waals surface area (Å²) in [5, 5.41) is 39.3. The molecule has 9 heteroatoms. The number of hydrogen-bond acceptors (Lipinski definition) is 5. The van der Waals surface area contributed by atoms with Gasteiger partial charge in [-0.1, -0.05) is 50.5 Å². The van der Waals surface area contributed by atoms with Crippen LogP contribution in [0.15, 0.2) is 48.5 Å². The van der Waals surface area contributed by atoms with E-state index in [-0.39, 0.29) is 34.9 Å². The Balaban J connectivity index is 1.77. The molecule has 0 heterocycles. The van der Waals surface area contributed by atoms with Crippen molar-refractivity contribution in [1.29, 1.82) is 0 Å². The van der Waals surface area contributed by atoms with Crippen molar-refractivity contribution < 1.29 is 34.5 Å². The smallest absolute Gasteiger partial charge is 0.336 e. The zero-order valence-electron chi connectivity index (χ0n) is 24.0. The van der Waals surface area contributed by atoms with Crippen LogP contribution in [0.4, 0.5) is 0 Å². The van der Waals surface area contributed by atoms with Gasteiger partial charge in [0.2, 0.25) is 0 Å². The lowest BCUT2D eigenvalue weighted by Gasteiger charge is -2.20. The van der Waals surface area contributed by atoms with Gasteiger partial charge in [-0.05, 0) is 75.8 Å². The van der Waals surface area contributed by atoms with Crippen LogP contribution in [-0.2, 0) is 0 Å². The van der Waals surface area contributed by atoms with Crippen molar-refractivity contribution in [3.8, 4) is 0 Å². The Hall–Kier alpha value is -4.76. The summed E-state index contributed by atoms with van der Waals surface area (Å²) in [6.45, 7) is 3.11. The Morgan fingerprint density at radius 2 is 0.930 bits per heavy atom. The van der Waals surface area contributed by atoms with E-state index in [1.807, 2.05) is 6.92 Å². The summed E-state index contributed by atoms with van der Waals surface area (Å²) >= 11 is 0. The molecule has 2 amide bonds. The predicted molar refractivity (Wildman–Crippen MR) is 167 cm³/mol. The van der Waals surface area contributed by atoms with E-state index in [1.54, 1.807) is 36.4 Å². The van der Waals surface area contributed by atoms with Gasteiger partial charge in [0.25, 0.3) is 11.8 Å².